The molecule has 2 aromatic heterocycles. The van der Waals surface area contributed by atoms with Crippen LogP contribution >= 0.6 is 0 Å². The summed E-state index contributed by atoms with van der Waals surface area (Å²) in [4.78, 5) is 19.0. The number of aromatic nitrogens is 4. The van der Waals surface area contributed by atoms with Gasteiger partial charge in [-0.2, -0.15) is 15.5 Å². The number of nitrogens with zero attached hydrogens (tertiary/aromatic N) is 7. The molecule has 38 heavy (non-hydrogen) atoms. The molecule has 4 heterocycles. The molecular formula is C27H30N8O3. The van der Waals surface area contributed by atoms with Gasteiger partial charge in [0.25, 0.3) is 5.91 Å². The summed E-state index contributed by atoms with van der Waals surface area (Å²) < 4.78 is 15.7. The van der Waals surface area contributed by atoms with Crippen molar-refractivity contribution in [2.45, 2.75) is 25.5 Å². The maximum Gasteiger partial charge on any atom is 0.272 e. The maximum atomic E-state index is 13.3. The Morgan fingerprint density at radius 2 is 2.08 bits per heavy atom. The van der Waals surface area contributed by atoms with Crippen LogP contribution in [0.25, 0.3) is 28.1 Å². The third kappa shape index (κ3) is 4.54. The Balaban J connectivity index is 1.73. The van der Waals surface area contributed by atoms with Gasteiger partial charge in [0.05, 0.1) is 29.5 Å². The highest BCUT2D eigenvalue weighted by molar-refractivity contribution is 6.46. The summed E-state index contributed by atoms with van der Waals surface area (Å²) in [6.45, 7) is 1.21. The van der Waals surface area contributed by atoms with E-state index in [2.05, 4.69) is 10.1 Å². The second kappa shape index (κ2) is 10.5. The van der Waals surface area contributed by atoms with Gasteiger partial charge in [-0.15, -0.1) is 0 Å². The predicted octanol–water partition coefficient (Wildman–Crippen LogP) is 2.81. The molecule has 1 unspecified atom stereocenters. The van der Waals surface area contributed by atoms with E-state index in [1.165, 1.54) is 11.9 Å². The molecule has 11 heteroatoms. The fourth-order valence-corrected chi connectivity index (χ4v) is 4.80. The number of aryl methyl sites for hydroxylation is 1. The number of ether oxygens (including phenoxy) is 2. The third-order valence-electron chi connectivity index (χ3n) is 6.87. The first kappa shape index (κ1) is 25.2. The molecule has 2 aliphatic rings. The van der Waals surface area contributed by atoms with Gasteiger partial charge in [-0.1, -0.05) is 6.07 Å². The lowest BCUT2D eigenvalue weighted by Gasteiger charge is -2.23. The number of aliphatic imine (C=N–C) groups is 1. The zero-order chi connectivity index (χ0) is 26.8. The lowest BCUT2D eigenvalue weighted by molar-refractivity contribution is -0.123. The van der Waals surface area contributed by atoms with Gasteiger partial charge in [-0.05, 0) is 49.1 Å². The van der Waals surface area contributed by atoms with Crippen molar-refractivity contribution in [3.8, 4) is 23.1 Å². The van der Waals surface area contributed by atoms with Gasteiger partial charge in [-0.3, -0.25) is 9.79 Å². The van der Waals surface area contributed by atoms with Crippen molar-refractivity contribution in [3.63, 3.8) is 0 Å². The molecule has 0 aliphatic carbocycles. The molecule has 3 aromatic rings. The van der Waals surface area contributed by atoms with Crippen molar-refractivity contribution >= 4 is 28.6 Å². The fraction of sp³-hybridized carbons (Fsp3) is 0.370. The van der Waals surface area contributed by atoms with Crippen molar-refractivity contribution in [1.29, 1.82) is 5.26 Å². The first-order valence-corrected chi connectivity index (χ1v) is 12.5. The van der Waals surface area contributed by atoms with Gasteiger partial charge in [0.1, 0.15) is 24.1 Å². The topological polar surface area (TPSA) is 137 Å². The van der Waals surface area contributed by atoms with Gasteiger partial charge in [0.2, 0.25) is 5.88 Å². The summed E-state index contributed by atoms with van der Waals surface area (Å²) in [5.74, 6) is 0.222. The van der Waals surface area contributed by atoms with Gasteiger partial charge < -0.3 is 20.1 Å². The summed E-state index contributed by atoms with van der Waals surface area (Å²) >= 11 is 0. The quantitative estimate of drug-likeness (QED) is 0.493. The molecule has 5 rings (SSSR count). The van der Waals surface area contributed by atoms with Crippen LogP contribution in [-0.4, -0.2) is 69.9 Å². The number of carbonyl (C=O) groups is 1. The molecule has 11 nitrogen and oxygen atoms in total. The van der Waals surface area contributed by atoms with Crippen LogP contribution in [0, 0.1) is 11.3 Å². The average Bonchev–Trinajstić information content (AvgIpc) is 3.49. The molecule has 2 aliphatic heterocycles. The maximum absolute atomic E-state index is 13.3. The van der Waals surface area contributed by atoms with Crippen LogP contribution in [0.15, 0.2) is 46.7 Å². The van der Waals surface area contributed by atoms with Crippen molar-refractivity contribution in [2.24, 2.45) is 17.8 Å². The summed E-state index contributed by atoms with van der Waals surface area (Å²) in [7, 11) is 4.97. The number of carbonyl (C=O) groups excluding carboxylic acids is 1. The number of allylic oxidation sites excluding steroid dienone is 2. The van der Waals surface area contributed by atoms with Gasteiger partial charge in [0, 0.05) is 38.7 Å². The van der Waals surface area contributed by atoms with E-state index < -0.39 is 0 Å². The summed E-state index contributed by atoms with van der Waals surface area (Å²) in [6.07, 6.45) is 7.95. The van der Waals surface area contributed by atoms with Crippen LogP contribution in [-0.2, 0) is 16.6 Å². The lowest BCUT2D eigenvalue weighted by atomic mass is 10.0. The smallest absolute Gasteiger partial charge is 0.272 e. The number of benzene rings is 1. The number of rotatable bonds is 1. The highest BCUT2D eigenvalue weighted by Crippen LogP contribution is 2.35. The molecule has 1 saturated heterocycles. The molecule has 0 spiro atoms. The fourth-order valence-electron chi connectivity index (χ4n) is 4.80. The van der Waals surface area contributed by atoms with Crippen LogP contribution < -0.4 is 10.5 Å². The van der Waals surface area contributed by atoms with Crippen molar-refractivity contribution < 1.29 is 14.3 Å². The number of amides is 1. The molecule has 2 N–H and O–H groups in total. The van der Waals surface area contributed by atoms with E-state index in [4.69, 9.17) is 20.3 Å². The van der Waals surface area contributed by atoms with Crippen LogP contribution in [0.1, 0.15) is 31.2 Å². The second-order valence-corrected chi connectivity index (χ2v) is 9.29. The first-order valence-electron chi connectivity index (χ1n) is 12.5. The molecule has 0 saturated carbocycles. The minimum Gasteiger partial charge on any atom is -0.476 e. The monoisotopic (exact) mass is 514 g/mol. The Bertz CT molecular complexity index is 1510. The second-order valence-electron chi connectivity index (χ2n) is 9.29. The Labute approximate surface area is 220 Å². The number of nitrogens with two attached hydrogens (primary N) is 1. The third-order valence-corrected chi connectivity index (χ3v) is 6.87. The van der Waals surface area contributed by atoms with E-state index in [0.717, 1.165) is 41.3 Å². The van der Waals surface area contributed by atoms with Crippen molar-refractivity contribution in [1.82, 2.24) is 24.5 Å². The highest BCUT2D eigenvalue weighted by Gasteiger charge is 2.24. The number of likely N-dealkylation sites (N-methyl/N-ethyl adjacent to an activating group) is 1. The standard InChI is InChI=1S/C27H30N8O3/c1-30-25-18(21(29)15-28)8-9-22-19-14-17(7-10-23(19)35(32-22)24-6-4-5-12-37-24)20-16-31-34(3)27(20)38-13-11-33(2)26(25)36/h7-10,14,16,24H,4-6,11-13,29H2,1-3H3/b9-8+,21-18-,30-25?. The van der Waals surface area contributed by atoms with Crippen LogP contribution in [0.4, 0.5) is 0 Å². The number of fused-ring (bicyclic) bond motifs is 3. The van der Waals surface area contributed by atoms with E-state index >= 15 is 0 Å². The minimum atomic E-state index is -0.374. The van der Waals surface area contributed by atoms with Crippen LogP contribution in [0.3, 0.4) is 0 Å². The molecule has 1 atom stereocenters. The van der Waals surface area contributed by atoms with Gasteiger partial charge in [-0.25, -0.2) is 9.36 Å². The largest absolute Gasteiger partial charge is 0.476 e. The molecule has 1 amide bonds. The van der Waals surface area contributed by atoms with Crippen molar-refractivity contribution in [3.05, 3.63) is 47.4 Å². The first-order chi connectivity index (χ1) is 18.4. The Morgan fingerprint density at radius 1 is 1.24 bits per heavy atom. The van der Waals surface area contributed by atoms with Crippen LogP contribution in [0.2, 0.25) is 0 Å². The number of hydrogen-bond acceptors (Lipinski definition) is 8. The van der Waals surface area contributed by atoms with Crippen molar-refractivity contribution in [2.75, 3.05) is 33.9 Å². The van der Waals surface area contributed by atoms with Gasteiger partial charge >= 0.3 is 0 Å². The lowest BCUT2D eigenvalue weighted by Crippen LogP contribution is -2.37. The molecule has 1 fully saturated rings. The Morgan fingerprint density at radius 3 is 2.82 bits per heavy atom. The van der Waals surface area contributed by atoms with Gasteiger partial charge in [0.15, 0.2) is 6.23 Å². The molecule has 2 bridgehead atoms. The number of nitriles is 1. The SMILES string of the molecule is CN=C1C(=O)N(C)CCOc2c(cnn2C)-c2ccc3c(c2)c(nn3C2CCCCO2)/C=C/C1=C(/N)C#N. The summed E-state index contributed by atoms with van der Waals surface area (Å²) in [5, 5.41) is 19.8. The van der Waals surface area contributed by atoms with E-state index in [1.54, 1.807) is 30.1 Å². The summed E-state index contributed by atoms with van der Waals surface area (Å²) in [5.41, 5.74) is 9.59. The zero-order valence-electron chi connectivity index (χ0n) is 21.7. The molecular weight excluding hydrogens is 484 g/mol. The molecule has 0 radical (unpaired) electrons. The Hall–Kier alpha value is -4.43. The Kier molecular flexibility index (Phi) is 6.98. The number of hydrogen-bond donors (Lipinski definition) is 1. The van der Waals surface area contributed by atoms with E-state index in [0.29, 0.717) is 24.7 Å². The normalized spacial score (nSPS) is 21.9. The average molecular weight is 515 g/mol. The minimum absolute atomic E-state index is 0.0823. The molecule has 1 aromatic carbocycles. The van der Waals surface area contributed by atoms with E-state index in [-0.39, 0.29) is 35.7 Å². The highest BCUT2D eigenvalue weighted by atomic mass is 16.5. The van der Waals surface area contributed by atoms with E-state index in [9.17, 15) is 10.1 Å². The predicted molar refractivity (Wildman–Crippen MR) is 143 cm³/mol. The molecule has 196 valence electrons. The van der Waals surface area contributed by atoms with E-state index in [1.807, 2.05) is 36.0 Å². The summed E-state index contributed by atoms with van der Waals surface area (Å²) in [6, 6.07) is 8.05. The zero-order valence-corrected chi connectivity index (χ0v) is 21.7. The van der Waals surface area contributed by atoms with Crippen LogP contribution in [0.5, 0.6) is 5.88 Å².